The van der Waals surface area contributed by atoms with Crippen LogP contribution in [0.25, 0.3) is 11.1 Å². The van der Waals surface area contributed by atoms with Crippen LogP contribution < -0.4 is 14.2 Å². The first-order valence-corrected chi connectivity index (χ1v) is 13.0. The standard InChI is InChI=1S/C32H32F6O6/c1-14(17-10-19(33)25(37)20(34)11-17)27(39-4)31(43-8)28(40-5)16(3)23-15(2)24(18-12-21(35)26(38)22(36)13-18)30(42-7)32(44-9)29(23)41-6/h10-12,18H,3,13H2,1-2,4-9H3/b27-14-,31-28-. The zero-order valence-corrected chi connectivity index (χ0v) is 25.4. The predicted molar refractivity (Wildman–Crippen MR) is 153 cm³/mol. The van der Waals surface area contributed by atoms with Crippen molar-refractivity contribution in [1.29, 1.82) is 0 Å². The van der Waals surface area contributed by atoms with E-state index in [-0.39, 0.29) is 62.4 Å². The number of halogens is 6. The fourth-order valence-electron chi connectivity index (χ4n) is 5.19. The first kappa shape index (κ1) is 34.0. The third kappa shape index (κ3) is 5.97. The van der Waals surface area contributed by atoms with E-state index in [1.807, 2.05) is 0 Å². The van der Waals surface area contributed by atoms with Gasteiger partial charge in [0.15, 0.2) is 52.1 Å². The largest absolute Gasteiger partial charge is 0.492 e. The Morgan fingerprint density at radius 1 is 0.750 bits per heavy atom. The molecule has 238 valence electrons. The second-order valence-electron chi connectivity index (χ2n) is 9.51. The summed E-state index contributed by atoms with van der Waals surface area (Å²) < 4.78 is 118. The molecule has 0 saturated heterocycles. The maximum absolute atomic E-state index is 14.4. The van der Waals surface area contributed by atoms with E-state index in [0.717, 1.165) is 18.2 Å². The number of benzene rings is 2. The van der Waals surface area contributed by atoms with Crippen LogP contribution in [0.3, 0.4) is 0 Å². The molecule has 12 heteroatoms. The lowest BCUT2D eigenvalue weighted by Crippen LogP contribution is -2.13. The summed E-state index contributed by atoms with van der Waals surface area (Å²) in [4.78, 5) is 0. The van der Waals surface area contributed by atoms with Crippen molar-refractivity contribution in [2.24, 2.45) is 0 Å². The van der Waals surface area contributed by atoms with Gasteiger partial charge in [0.1, 0.15) is 5.83 Å². The van der Waals surface area contributed by atoms with E-state index in [1.54, 1.807) is 6.92 Å². The summed E-state index contributed by atoms with van der Waals surface area (Å²) >= 11 is 0. The lowest BCUT2D eigenvalue weighted by atomic mass is 9.83. The summed E-state index contributed by atoms with van der Waals surface area (Å²) in [5, 5.41) is 0. The second kappa shape index (κ2) is 13.9. The second-order valence-corrected chi connectivity index (χ2v) is 9.51. The molecule has 0 amide bonds. The Morgan fingerprint density at radius 3 is 1.73 bits per heavy atom. The average Bonchev–Trinajstić information content (AvgIpc) is 3.00. The summed E-state index contributed by atoms with van der Waals surface area (Å²) in [5.41, 5.74) is 1.05. The topological polar surface area (TPSA) is 55.4 Å². The number of methoxy groups -OCH3 is 6. The molecule has 0 bridgehead atoms. The fourth-order valence-corrected chi connectivity index (χ4v) is 5.19. The smallest absolute Gasteiger partial charge is 0.204 e. The van der Waals surface area contributed by atoms with Crippen LogP contribution in [0.1, 0.15) is 41.5 Å². The predicted octanol–water partition coefficient (Wildman–Crippen LogP) is 8.52. The van der Waals surface area contributed by atoms with Crippen LogP contribution in [-0.4, -0.2) is 42.7 Å². The molecule has 3 rings (SSSR count). The Kier molecular flexibility index (Phi) is 10.7. The van der Waals surface area contributed by atoms with Crippen LogP contribution in [0.4, 0.5) is 26.3 Å². The van der Waals surface area contributed by atoms with Crippen LogP contribution >= 0.6 is 0 Å². The number of rotatable bonds is 11. The molecule has 2 aromatic rings. The van der Waals surface area contributed by atoms with Gasteiger partial charge in [-0.1, -0.05) is 6.58 Å². The first-order chi connectivity index (χ1) is 20.8. The lowest BCUT2D eigenvalue weighted by Gasteiger charge is -2.28. The van der Waals surface area contributed by atoms with E-state index in [2.05, 4.69) is 6.58 Å². The number of hydrogen-bond donors (Lipinski definition) is 0. The normalized spacial score (nSPS) is 16.0. The summed E-state index contributed by atoms with van der Waals surface area (Å²) in [6, 6.07) is 1.59. The van der Waals surface area contributed by atoms with Crippen molar-refractivity contribution in [1.82, 2.24) is 0 Å². The van der Waals surface area contributed by atoms with Crippen molar-refractivity contribution in [2.45, 2.75) is 26.2 Å². The van der Waals surface area contributed by atoms with Crippen molar-refractivity contribution in [3.8, 4) is 17.2 Å². The van der Waals surface area contributed by atoms with Gasteiger partial charge in [-0.25, -0.2) is 26.3 Å². The molecule has 2 aromatic carbocycles. The average molecular weight is 627 g/mol. The molecular formula is C32H32F6O6. The van der Waals surface area contributed by atoms with E-state index in [4.69, 9.17) is 28.4 Å². The third-order valence-electron chi connectivity index (χ3n) is 7.20. The van der Waals surface area contributed by atoms with Gasteiger partial charge in [0, 0.05) is 34.6 Å². The van der Waals surface area contributed by atoms with Gasteiger partial charge in [-0.15, -0.1) is 0 Å². The van der Waals surface area contributed by atoms with Crippen molar-refractivity contribution >= 4 is 11.1 Å². The molecule has 0 N–H and O–H groups in total. The molecule has 44 heavy (non-hydrogen) atoms. The zero-order chi connectivity index (χ0) is 33.0. The van der Waals surface area contributed by atoms with Gasteiger partial charge in [0.2, 0.25) is 11.5 Å². The summed E-state index contributed by atoms with van der Waals surface area (Å²) in [5.74, 6) is -9.64. The third-order valence-corrected chi connectivity index (χ3v) is 7.20. The van der Waals surface area contributed by atoms with Gasteiger partial charge in [-0.05, 0) is 43.2 Å². The molecule has 0 aromatic heterocycles. The maximum Gasteiger partial charge on any atom is 0.204 e. The van der Waals surface area contributed by atoms with Gasteiger partial charge in [0.25, 0.3) is 0 Å². The van der Waals surface area contributed by atoms with Crippen LogP contribution in [-0.2, 0) is 14.2 Å². The molecule has 1 aliphatic carbocycles. The number of hydrogen-bond acceptors (Lipinski definition) is 6. The van der Waals surface area contributed by atoms with E-state index in [9.17, 15) is 26.3 Å². The minimum absolute atomic E-state index is 0.0429. The molecular weight excluding hydrogens is 594 g/mol. The van der Waals surface area contributed by atoms with Crippen LogP contribution in [0.2, 0.25) is 0 Å². The molecule has 6 nitrogen and oxygen atoms in total. The molecule has 0 heterocycles. The maximum atomic E-state index is 14.4. The molecule has 0 aliphatic heterocycles. The quantitative estimate of drug-likeness (QED) is 0.108. The van der Waals surface area contributed by atoms with Crippen molar-refractivity contribution in [3.05, 3.63) is 99.3 Å². The molecule has 1 atom stereocenters. The number of ether oxygens (including phenoxy) is 6. The van der Waals surface area contributed by atoms with E-state index >= 15 is 0 Å². The zero-order valence-electron chi connectivity index (χ0n) is 25.4. The van der Waals surface area contributed by atoms with Crippen molar-refractivity contribution in [2.75, 3.05) is 42.7 Å². The van der Waals surface area contributed by atoms with E-state index in [1.165, 1.54) is 49.6 Å². The Bertz CT molecular complexity index is 1580. The Morgan fingerprint density at radius 2 is 1.27 bits per heavy atom. The minimum atomic E-state index is -1.63. The summed E-state index contributed by atoms with van der Waals surface area (Å²) in [6.07, 6.45) is 0.431. The highest BCUT2D eigenvalue weighted by Crippen LogP contribution is 2.53. The molecule has 0 radical (unpaired) electrons. The summed E-state index contributed by atoms with van der Waals surface area (Å²) in [6.45, 7) is 7.24. The SMILES string of the molecule is C=C(/C(OC)=C(OC)\C(OC)=C(/C)c1cc(F)c(F)c(F)c1)c1c(C)c(C2C=C(F)C(F)=C(F)C2)c(OC)c(OC)c1OC. The number of allylic oxidation sites excluding steroid dienone is 6. The highest BCUT2D eigenvalue weighted by atomic mass is 19.2. The van der Waals surface area contributed by atoms with Gasteiger partial charge in [-0.3, -0.25) is 0 Å². The highest BCUT2D eigenvalue weighted by Gasteiger charge is 2.34. The highest BCUT2D eigenvalue weighted by molar-refractivity contribution is 5.87. The van der Waals surface area contributed by atoms with Crippen LogP contribution in [0.15, 0.2) is 59.5 Å². The van der Waals surface area contributed by atoms with E-state index < -0.39 is 47.3 Å². The molecule has 1 unspecified atom stereocenters. The molecule has 0 fully saturated rings. The van der Waals surface area contributed by atoms with Gasteiger partial charge in [0.05, 0.1) is 42.7 Å². The van der Waals surface area contributed by atoms with Gasteiger partial charge in [-0.2, -0.15) is 0 Å². The fraction of sp³-hybridized carbons (Fsp3) is 0.312. The Hall–Kier alpha value is -4.48. The monoisotopic (exact) mass is 626 g/mol. The van der Waals surface area contributed by atoms with Crippen molar-refractivity contribution < 1.29 is 54.8 Å². The molecule has 0 saturated carbocycles. The summed E-state index contributed by atoms with van der Waals surface area (Å²) in [7, 11) is 7.85. The Labute approximate surface area is 251 Å². The van der Waals surface area contributed by atoms with Crippen LogP contribution in [0, 0.1) is 24.4 Å². The van der Waals surface area contributed by atoms with Crippen molar-refractivity contribution in [3.63, 3.8) is 0 Å². The lowest BCUT2D eigenvalue weighted by molar-refractivity contribution is 0.193. The van der Waals surface area contributed by atoms with E-state index in [0.29, 0.717) is 5.56 Å². The Balaban J connectivity index is 2.39. The van der Waals surface area contributed by atoms with Gasteiger partial charge >= 0.3 is 0 Å². The van der Waals surface area contributed by atoms with Crippen LogP contribution in [0.5, 0.6) is 17.2 Å². The minimum Gasteiger partial charge on any atom is -0.492 e. The van der Waals surface area contributed by atoms with Gasteiger partial charge < -0.3 is 28.4 Å². The first-order valence-electron chi connectivity index (χ1n) is 13.0. The molecule has 1 aliphatic rings. The molecule has 0 spiro atoms.